The summed E-state index contributed by atoms with van der Waals surface area (Å²) in [5.41, 5.74) is -0.397. The Bertz CT molecular complexity index is 193. The van der Waals surface area contributed by atoms with Crippen LogP contribution in [0.4, 0.5) is 0 Å². The van der Waals surface area contributed by atoms with Crippen LogP contribution in [0, 0.1) is 28.1 Å². The van der Waals surface area contributed by atoms with E-state index < -0.39 is 8.84 Å². The van der Waals surface area contributed by atoms with Crippen molar-refractivity contribution < 1.29 is 0 Å². The van der Waals surface area contributed by atoms with E-state index in [4.69, 9.17) is 10.5 Å². The molecule has 0 saturated heterocycles. The van der Waals surface area contributed by atoms with Crippen LogP contribution in [0.1, 0.15) is 27.2 Å². The van der Waals surface area contributed by atoms with Gasteiger partial charge in [-0.3, -0.25) is 0 Å². The summed E-state index contributed by atoms with van der Waals surface area (Å²) in [4.78, 5) is 0. The average molecular weight is 262 g/mol. The van der Waals surface area contributed by atoms with Crippen molar-refractivity contribution in [1.82, 2.24) is 0 Å². The van der Waals surface area contributed by atoms with Crippen molar-refractivity contribution in [3.63, 3.8) is 0 Å². The largest absolute Gasteiger partial charge is 0.198 e. The first kappa shape index (κ1) is 10.7. The Morgan fingerprint density at radius 2 is 1.64 bits per heavy atom. The summed E-state index contributed by atoms with van der Waals surface area (Å²) >= 11 is 2.08. The highest BCUT2D eigenvalue weighted by Gasteiger charge is 2.29. The number of hydrogen-bond donors (Lipinski definition) is 0. The van der Waals surface area contributed by atoms with Crippen LogP contribution in [-0.4, -0.2) is 3.42 Å². The minimum atomic E-state index is -0.420. The highest BCUT2D eigenvalue weighted by atomic mass is 127. The Morgan fingerprint density at radius 1 is 1.18 bits per heavy atom. The van der Waals surface area contributed by atoms with E-state index in [1.807, 2.05) is 20.8 Å². The zero-order chi connectivity index (χ0) is 9.12. The molecule has 3 heteroatoms. The zero-order valence-electron chi connectivity index (χ0n) is 6.98. The standard InChI is InChI=1S/C8H11IN2/c1-7(2,5-10)4-8(3,9)6-11/h4H2,1-3H3. The molecule has 2 nitrogen and oxygen atoms in total. The molecule has 0 aromatic carbocycles. The van der Waals surface area contributed by atoms with E-state index in [0.29, 0.717) is 6.42 Å². The fraction of sp³-hybridized carbons (Fsp3) is 0.750. The van der Waals surface area contributed by atoms with Gasteiger partial charge in [-0.2, -0.15) is 10.5 Å². The maximum Gasteiger partial charge on any atom is 0.107 e. The number of nitrogens with zero attached hydrogens (tertiary/aromatic N) is 2. The molecule has 0 amide bonds. The van der Waals surface area contributed by atoms with Crippen LogP contribution in [-0.2, 0) is 0 Å². The highest BCUT2D eigenvalue weighted by Crippen LogP contribution is 2.32. The fourth-order valence-electron chi connectivity index (χ4n) is 0.909. The summed E-state index contributed by atoms with van der Waals surface area (Å²) in [5.74, 6) is 0. The van der Waals surface area contributed by atoms with Gasteiger partial charge in [0.15, 0.2) is 0 Å². The molecule has 0 bridgehead atoms. The predicted octanol–water partition coefficient (Wildman–Crippen LogP) is 2.64. The minimum Gasteiger partial charge on any atom is -0.198 e. The molecule has 0 spiro atoms. The normalized spacial score (nSPS) is 16.2. The first-order valence-corrected chi connectivity index (χ1v) is 4.42. The molecule has 0 aliphatic rings. The van der Waals surface area contributed by atoms with Gasteiger partial charge < -0.3 is 0 Å². The molecule has 0 aliphatic carbocycles. The quantitative estimate of drug-likeness (QED) is 0.567. The second kappa shape index (κ2) is 3.40. The first-order valence-electron chi connectivity index (χ1n) is 3.34. The van der Waals surface area contributed by atoms with Crippen molar-refractivity contribution in [1.29, 1.82) is 10.5 Å². The molecule has 0 rings (SSSR count). The summed E-state index contributed by atoms with van der Waals surface area (Å²) < 4.78 is -0.420. The van der Waals surface area contributed by atoms with Crippen molar-refractivity contribution >= 4 is 22.6 Å². The minimum absolute atomic E-state index is 0.397. The SMILES string of the molecule is CC(C)(C#N)CC(C)(I)C#N. The van der Waals surface area contributed by atoms with Crippen molar-refractivity contribution in [3.8, 4) is 12.1 Å². The van der Waals surface area contributed by atoms with Gasteiger partial charge in [-0.1, -0.05) is 22.6 Å². The van der Waals surface area contributed by atoms with Crippen molar-refractivity contribution in [2.24, 2.45) is 5.41 Å². The average Bonchev–Trinajstić information content (AvgIpc) is 1.86. The smallest absolute Gasteiger partial charge is 0.107 e. The van der Waals surface area contributed by atoms with Gasteiger partial charge in [-0.05, 0) is 27.2 Å². The Morgan fingerprint density at radius 3 is 1.91 bits per heavy atom. The van der Waals surface area contributed by atoms with E-state index in [9.17, 15) is 0 Å². The Labute approximate surface area is 81.3 Å². The molecule has 0 heterocycles. The molecule has 1 atom stereocenters. The topological polar surface area (TPSA) is 47.6 Å². The van der Waals surface area contributed by atoms with Gasteiger partial charge in [0.2, 0.25) is 0 Å². The van der Waals surface area contributed by atoms with Gasteiger partial charge in [-0.25, -0.2) is 0 Å². The molecule has 1 unspecified atom stereocenters. The van der Waals surface area contributed by atoms with Crippen LogP contribution in [0.3, 0.4) is 0 Å². The zero-order valence-corrected chi connectivity index (χ0v) is 9.14. The third kappa shape index (κ3) is 4.21. The molecular formula is C8H11IN2. The monoisotopic (exact) mass is 262 g/mol. The van der Waals surface area contributed by atoms with Crippen molar-refractivity contribution in [2.75, 3.05) is 0 Å². The van der Waals surface area contributed by atoms with E-state index in [-0.39, 0.29) is 0 Å². The number of alkyl halides is 1. The summed E-state index contributed by atoms with van der Waals surface area (Å²) in [6, 6.07) is 4.34. The Kier molecular flexibility index (Phi) is 3.31. The maximum atomic E-state index is 8.69. The summed E-state index contributed by atoms with van der Waals surface area (Å²) in [5, 5.41) is 17.4. The van der Waals surface area contributed by atoms with Gasteiger partial charge in [0.25, 0.3) is 0 Å². The first-order chi connectivity index (χ1) is 4.83. The van der Waals surface area contributed by atoms with Gasteiger partial charge in [-0.15, -0.1) is 0 Å². The number of halogens is 1. The van der Waals surface area contributed by atoms with Crippen LogP contribution in [0.2, 0.25) is 0 Å². The van der Waals surface area contributed by atoms with Crippen LogP contribution < -0.4 is 0 Å². The van der Waals surface area contributed by atoms with Crippen molar-refractivity contribution in [2.45, 2.75) is 30.6 Å². The van der Waals surface area contributed by atoms with E-state index in [0.717, 1.165) is 0 Å². The van der Waals surface area contributed by atoms with E-state index in [1.165, 1.54) is 0 Å². The summed E-state index contributed by atoms with van der Waals surface area (Å²) in [6.45, 7) is 5.54. The van der Waals surface area contributed by atoms with E-state index in [1.54, 1.807) is 0 Å². The fourth-order valence-corrected chi connectivity index (χ4v) is 1.86. The molecule has 0 aromatic rings. The molecule has 60 valence electrons. The van der Waals surface area contributed by atoms with Crippen LogP contribution >= 0.6 is 22.6 Å². The van der Waals surface area contributed by atoms with Crippen molar-refractivity contribution in [3.05, 3.63) is 0 Å². The second-order valence-electron chi connectivity index (χ2n) is 3.48. The van der Waals surface area contributed by atoms with Crippen LogP contribution in [0.15, 0.2) is 0 Å². The van der Waals surface area contributed by atoms with Gasteiger partial charge in [0, 0.05) is 0 Å². The predicted molar refractivity (Wildman–Crippen MR) is 52.0 cm³/mol. The lowest BCUT2D eigenvalue weighted by molar-refractivity contribution is 0.431. The third-order valence-corrected chi connectivity index (χ3v) is 1.93. The lowest BCUT2D eigenvalue weighted by atomic mass is 9.85. The molecule has 0 aliphatic heterocycles. The van der Waals surface area contributed by atoms with Gasteiger partial charge >= 0.3 is 0 Å². The summed E-state index contributed by atoms with van der Waals surface area (Å²) in [7, 11) is 0. The molecule has 0 aromatic heterocycles. The number of hydrogen-bond acceptors (Lipinski definition) is 2. The molecule has 0 radical (unpaired) electrons. The molecule has 0 N–H and O–H groups in total. The lowest BCUT2D eigenvalue weighted by Gasteiger charge is -2.22. The second-order valence-corrected chi connectivity index (χ2v) is 5.86. The molecule has 0 fully saturated rings. The molecule has 11 heavy (non-hydrogen) atoms. The number of rotatable bonds is 2. The third-order valence-electron chi connectivity index (χ3n) is 1.31. The Balaban J connectivity index is 4.31. The van der Waals surface area contributed by atoms with Gasteiger partial charge in [0.1, 0.15) is 3.42 Å². The van der Waals surface area contributed by atoms with Gasteiger partial charge in [0.05, 0.1) is 17.6 Å². The summed E-state index contributed by atoms with van der Waals surface area (Å²) in [6.07, 6.45) is 0.605. The van der Waals surface area contributed by atoms with Crippen LogP contribution in [0.25, 0.3) is 0 Å². The Hall–Kier alpha value is -0.290. The highest BCUT2D eigenvalue weighted by molar-refractivity contribution is 14.1. The maximum absolute atomic E-state index is 8.69. The van der Waals surface area contributed by atoms with E-state index in [2.05, 4.69) is 34.7 Å². The van der Waals surface area contributed by atoms with Crippen LogP contribution in [0.5, 0.6) is 0 Å². The molecular weight excluding hydrogens is 251 g/mol. The number of nitriles is 2. The molecule has 0 saturated carbocycles. The van der Waals surface area contributed by atoms with E-state index >= 15 is 0 Å². The lowest BCUT2D eigenvalue weighted by Crippen LogP contribution is -2.22.